The minimum atomic E-state index is 0.635. The third kappa shape index (κ3) is 3.15. The molecule has 0 aliphatic carbocycles. The molecule has 2 aromatic carbocycles. The van der Waals surface area contributed by atoms with Gasteiger partial charge in [0.05, 0.1) is 23.4 Å². The van der Waals surface area contributed by atoms with E-state index in [1.54, 1.807) is 11.3 Å². The molecule has 0 spiro atoms. The molecular weight excluding hydrogens is 330 g/mol. The molecule has 1 aromatic heterocycles. The largest absolute Gasteiger partial charge is 0.379 e. The van der Waals surface area contributed by atoms with E-state index in [2.05, 4.69) is 54.1 Å². The number of fused-ring (bicyclic) bond motifs is 1. The van der Waals surface area contributed by atoms with Gasteiger partial charge in [-0.25, -0.2) is 4.98 Å². The van der Waals surface area contributed by atoms with E-state index in [-0.39, 0.29) is 0 Å². The first-order valence-electron chi connectivity index (χ1n) is 8.68. The molecule has 5 heteroatoms. The number of nitrogen functional groups attached to an aromatic ring is 1. The zero-order valence-electron chi connectivity index (χ0n) is 14.7. The van der Waals surface area contributed by atoms with E-state index in [0.29, 0.717) is 5.13 Å². The van der Waals surface area contributed by atoms with E-state index in [1.165, 1.54) is 32.5 Å². The highest BCUT2D eigenvalue weighted by atomic mass is 32.1. The molecule has 25 heavy (non-hydrogen) atoms. The molecular formula is C20H23N3OS. The number of hydrogen-bond acceptors (Lipinski definition) is 5. The second-order valence-electron chi connectivity index (χ2n) is 6.64. The number of morpholine rings is 1. The lowest BCUT2D eigenvalue weighted by atomic mass is 9.95. The summed E-state index contributed by atoms with van der Waals surface area (Å²) in [7, 11) is 0. The van der Waals surface area contributed by atoms with Crippen molar-refractivity contribution in [2.45, 2.75) is 20.4 Å². The van der Waals surface area contributed by atoms with Crippen LogP contribution in [0.2, 0.25) is 0 Å². The third-order valence-electron chi connectivity index (χ3n) is 5.00. The number of aromatic nitrogens is 1. The van der Waals surface area contributed by atoms with Gasteiger partial charge in [0, 0.05) is 25.2 Å². The number of aryl methyl sites for hydroxylation is 2. The van der Waals surface area contributed by atoms with E-state index in [9.17, 15) is 0 Å². The van der Waals surface area contributed by atoms with Crippen LogP contribution in [0.4, 0.5) is 5.13 Å². The van der Waals surface area contributed by atoms with Crippen LogP contribution in [0.25, 0.3) is 21.3 Å². The molecule has 1 saturated heterocycles. The summed E-state index contributed by atoms with van der Waals surface area (Å²) in [5, 5.41) is 0.635. The Morgan fingerprint density at radius 3 is 2.72 bits per heavy atom. The molecule has 4 rings (SSSR count). The quantitative estimate of drug-likeness (QED) is 0.773. The van der Waals surface area contributed by atoms with Gasteiger partial charge in [-0.3, -0.25) is 4.90 Å². The Bertz CT molecular complexity index is 913. The van der Waals surface area contributed by atoms with E-state index in [1.807, 2.05) is 0 Å². The summed E-state index contributed by atoms with van der Waals surface area (Å²) >= 11 is 1.58. The van der Waals surface area contributed by atoms with Gasteiger partial charge in [0.25, 0.3) is 0 Å². The summed E-state index contributed by atoms with van der Waals surface area (Å²) in [6, 6.07) is 10.9. The Kier molecular flexibility index (Phi) is 4.46. The fourth-order valence-corrected chi connectivity index (χ4v) is 4.38. The highest BCUT2D eigenvalue weighted by Gasteiger charge is 2.17. The molecule has 130 valence electrons. The van der Waals surface area contributed by atoms with Crippen LogP contribution in [0.5, 0.6) is 0 Å². The maximum Gasteiger partial charge on any atom is 0.181 e. The number of benzene rings is 2. The lowest BCUT2D eigenvalue weighted by Crippen LogP contribution is -2.35. The van der Waals surface area contributed by atoms with Gasteiger partial charge in [-0.05, 0) is 42.2 Å². The Morgan fingerprint density at radius 1 is 1.16 bits per heavy atom. The molecule has 2 N–H and O–H groups in total. The van der Waals surface area contributed by atoms with Gasteiger partial charge in [-0.2, -0.15) is 0 Å². The third-order valence-corrected chi connectivity index (χ3v) is 6.00. The van der Waals surface area contributed by atoms with Crippen LogP contribution < -0.4 is 5.73 Å². The number of hydrogen-bond donors (Lipinski definition) is 1. The highest BCUT2D eigenvalue weighted by molar-refractivity contribution is 7.22. The van der Waals surface area contributed by atoms with Crippen molar-refractivity contribution in [2.75, 3.05) is 32.0 Å². The summed E-state index contributed by atoms with van der Waals surface area (Å²) in [5.74, 6) is 0. The first kappa shape index (κ1) is 16.5. The van der Waals surface area contributed by atoms with Gasteiger partial charge in [0.2, 0.25) is 0 Å². The van der Waals surface area contributed by atoms with Crippen LogP contribution in [0, 0.1) is 13.8 Å². The van der Waals surface area contributed by atoms with Crippen LogP contribution >= 0.6 is 11.3 Å². The maximum atomic E-state index is 6.03. The minimum Gasteiger partial charge on any atom is -0.379 e. The lowest BCUT2D eigenvalue weighted by molar-refractivity contribution is 0.0342. The molecule has 3 aromatic rings. The summed E-state index contributed by atoms with van der Waals surface area (Å²) in [4.78, 5) is 7.10. The molecule has 0 bridgehead atoms. The molecule has 2 heterocycles. The van der Waals surface area contributed by atoms with Crippen molar-refractivity contribution in [3.05, 3.63) is 47.0 Å². The van der Waals surface area contributed by atoms with Crippen LogP contribution in [0.3, 0.4) is 0 Å². The smallest absolute Gasteiger partial charge is 0.181 e. The second kappa shape index (κ2) is 6.75. The Balaban J connectivity index is 1.82. The van der Waals surface area contributed by atoms with Crippen LogP contribution in [0.1, 0.15) is 16.7 Å². The van der Waals surface area contributed by atoms with Crippen LogP contribution in [0.15, 0.2) is 30.3 Å². The molecule has 1 aliphatic heterocycles. The van der Waals surface area contributed by atoms with Crippen molar-refractivity contribution >= 4 is 26.7 Å². The molecule has 0 radical (unpaired) electrons. The highest BCUT2D eigenvalue weighted by Crippen LogP contribution is 2.38. The number of ether oxygens (including phenoxy) is 1. The van der Waals surface area contributed by atoms with Crippen molar-refractivity contribution in [2.24, 2.45) is 0 Å². The SMILES string of the molecule is Cc1cc(-c2ccccc2CN2CCOCC2)c2nc(N)sc2c1C. The van der Waals surface area contributed by atoms with Crippen LogP contribution in [-0.4, -0.2) is 36.2 Å². The molecule has 1 fully saturated rings. The Labute approximate surface area is 152 Å². The van der Waals surface area contributed by atoms with Crippen molar-refractivity contribution in [1.29, 1.82) is 0 Å². The zero-order chi connectivity index (χ0) is 17.4. The molecule has 1 aliphatic rings. The fourth-order valence-electron chi connectivity index (χ4n) is 3.47. The van der Waals surface area contributed by atoms with Gasteiger partial charge in [0.15, 0.2) is 5.13 Å². The predicted molar refractivity (Wildman–Crippen MR) is 105 cm³/mol. The monoisotopic (exact) mass is 353 g/mol. The van der Waals surface area contributed by atoms with E-state index in [4.69, 9.17) is 10.5 Å². The Hall–Kier alpha value is -1.95. The normalized spacial score (nSPS) is 15.8. The Morgan fingerprint density at radius 2 is 1.92 bits per heavy atom. The average Bonchev–Trinajstić information content (AvgIpc) is 3.02. The predicted octanol–water partition coefficient (Wildman–Crippen LogP) is 3.99. The summed E-state index contributed by atoms with van der Waals surface area (Å²) in [6.07, 6.45) is 0. The second-order valence-corrected chi connectivity index (χ2v) is 7.67. The van der Waals surface area contributed by atoms with Crippen molar-refractivity contribution in [3.8, 4) is 11.1 Å². The lowest BCUT2D eigenvalue weighted by Gasteiger charge is -2.27. The van der Waals surface area contributed by atoms with Crippen molar-refractivity contribution in [1.82, 2.24) is 9.88 Å². The number of thiazole rings is 1. The van der Waals surface area contributed by atoms with Gasteiger partial charge >= 0.3 is 0 Å². The molecule has 0 unspecified atom stereocenters. The average molecular weight is 353 g/mol. The van der Waals surface area contributed by atoms with Gasteiger partial charge in [-0.15, -0.1) is 0 Å². The van der Waals surface area contributed by atoms with E-state index >= 15 is 0 Å². The summed E-state index contributed by atoms with van der Waals surface area (Å²) < 4.78 is 6.68. The number of anilines is 1. The number of nitrogens with zero attached hydrogens (tertiary/aromatic N) is 2. The standard InChI is InChI=1S/C20H23N3OS/c1-13-11-17(18-19(14(13)2)25-20(21)22-18)16-6-4-3-5-15(16)12-23-7-9-24-10-8-23/h3-6,11H,7-10,12H2,1-2H3,(H2,21,22). The van der Waals surface area contributed by atoms with Gasteiger partial charge in [-0.1, -0.05) is 35.6 Å². The van der Waals surface area contributed by atoms with Crippen molar-refractivity contribution < 1.29 is 4.74 Å². The zero-order valence-corrected chi connectivity index (χ0v) is 15.5. The van der Waals surface area contributed by atoms with Crippen LogP contribution in [-0.2, 0) is 11.3 Å². The number of rotatable bonds is 3. The summed E-state index contributed by atoms with van der Waals surface area (Å²) in [5.41, 5.74) is 13.4. The van der Waals surface area contributed by atoms with E-state index < -0.39 is 0 Å². The molecule has 0 amide bonds. The number of nitrogens with two attached hydrogens (primary N) is 1. The fraction of sp³-hybridized carbons (Fsp3) is 0.350. The molecule has 0 atom stereocenters. The molecule has 4 nitrogen and oxygen atoms in total. The van der Waals surface area contributed by atoms with Gasteiger partial charge in [0.1, 0.15) is 0 Å². The maximum absolute atomic E-state index is 6.03. The first-order chi connectivity index (χ1) is 12.1. The van der Waals surface area contributed by atoms with Crippen molar-refractivity contribution in [3.63, 3.8) is 0 Å². The molecule has 0 saturated carbocycles. The first-order valence-corrected chi connectivity index (χ1v) is 9.49. The van der Waals surface area contributed by atoms with Gasteiger partial charge < -0.3 is 10.5 Å². The van der Waals surface area contributed by atoms with E-state index in [0.717, 1.165) is 38.4 Å². The minimum absolute atomic E-state index is 0.635. The summed E-state index contributed by atoms with van der Waals surface area (Å²) in [6.45, 7) is 8.86. The topological polar surface area (TPSA) is 51.4 Å².